The molecule has 1 heterocycles. The van der Waals surface area contributed by atoms with Crippen molar-refractivity contribution in [1.82, 2.24) is 9.80 Å². The van der Waals surface area contributed by atoms with Gasteiger partial charge in [0.25, 0.3) is 0 Å². The Morgan fingerprint density at radius 2 is 2.04 bits per heavy atom. The predicted molar refractivity (Wildman–Crippen MR) is 92.3 cm³/mol. The predicted octanol–water partition coefficient (Wildman–Crippen LogP) is 2.08. The number of carboxylic acids is 1. The average Bonchev–Trinajstić information content (AvgIpc) is 3.09. The summed E-state index contributed by atoms with van der Waals surface area (Å²) in [5.41, 5.74) is 0.349. The van der Waals surface area contributed by atoms with E-state index in [0.717, 1.165) is 12.1 Å². The van der Waals surface area contributed by atoms with E-state index in [1.54, 1.807) is 6.92 Å². The minimum absolute atomic E-state index is 0.0569. The fourth-order valence-corrected chi connectivity index (χ4v) is 3.83. The van der Waals surface area contributed by atoms with E-state index in [1.165, 1.54) is 27.6 Å². The van der Waals surface area contributed by atoms with Crippen molar-refractivity contribution < 1.29 is 28.3 Å². The van der Waals surface area contributed by atoms with E-state index in [4.69, 9.17) is 5.11 Å². The molecule has 1 aliphatic rings. The van der Waals surface area contributed by atoms with Crippen LogP contribution in [0.3, 0.4) is 0 Å². The van der Waals surface area contributed by atoms with Crippen LogP contribution in [-0.2, 0) is 20.9 Å². The second-order valence-corrected chi connectivity index (χ2v) is 6.88. The van der Waals surface area contributed by atoms with Crippen LogP contribution >= 0.6 is 11.8 Å². The molecule has 142 valence electrons. The molecule has 1 aliphatic heterocycles. The van der Waals surface area contributed by atoms with Crippen molar-refractivity contribution in [2.45, 2.75) is 32.4 Å². The van der Waals surface area contributed by atoms with Crippen molar-refractivity contribution in [3.63, 3.8) is 0 Å². The SMILES string of the molecule is CCC(=O)N1CSCC1C(=O)N(CCC(=O)O)Cc1ccc(F)c(F)c1. The highest BCUT2D eigenvalue weighted by atomic mass is 32.2. The molecule has 0 saturated carbocycles. The normalized spacial score (nSPS) is 16.6. The van der Waals surface area contributed by atoms with Crippen molar-refractivity contribution >= 4 is 29.5 Å². The number of carboxylic acid groups (broad SMARTS) is 1. The van der Waals surface area contributed by atoms with Crippen molar-refractivity contribution in [2.24, 2.45) is 0 Å². The maximum absolute atomic E-state index is 13.4. The van der Waals surface area contributed by atoms with Crippen LogP contribution < -0.4 is 0 Å². The topological polar surface area (TPSA) is 77.9 Å². The highest BCUT2D eigenvalue weighted by molar-refractivity contribution is 7.99. The van der Waals surface area contributed by atoms with Crippen LogP contribution in [0.1, 0.15) is 25.3 Å². The van der Waals surface area contributed by atoms with Crippen LogP contribution in [0.2, 0.25) is 0 Å². The number of hydrogen-bond acceptors (Lipinski definition) is 4. The quantitative estimate of drug-likeness (QED) is 0.776. The number of rotatable bonds is 7. The number of nitrogens with zero attached hydrogens (tertiary/aromatic N) is 2. The van der Waals surface area contributed by atoms with Gasteiger partial charge in [0.15, 0.2) is 11.6 Å². The molecule has 1 aromatic rings. The van der Waals surface area contributed by atoms with E-state index < -0.39 is 23.6 Å². The number of hydrogen-bond donors (Lipinski definition) is 1. The van der Waals surface area contributed by atoms with Gasteiger partial charge in [-0.25, -0.2) is 8.78 Å². The molecule has 2 rings (SSSR count). The molecule has 1 N–H and O–H groups in total. The van der Waals surface area contributed by atoms with E-state index in [0.29, 0.717) is 17.2 Å². The minimum Gasteiger partial charge on any atom is -0.481 e. The number of thioether (sulfide) groups is 1. The van der Waals surface area contributed by atoms with Crippen LogP contribution in [0.4, 0.5) is 8.78 Å². The third kappa shape index (κ3) is 4.94. The largest absolute Gasteiger partial charge is 0.481 e. The highest BCUT2D eigenvalue weighted by Gasteiger charge is 2.36. The summed E-state index contributed by atoms with van der Waals surface area (Å²) in [7, 11) is 0. The van der Waals surface area contributed by atoms with Gasteiger partial charge in [0.05, 0.1) is 12.3 Å². The summed E-state index contributed by atoms with van der Waals surface area (Å²) in [5, 5.41) is 8.92. The first kappa shape index (κ1) is 20.2. The van der Waals surface area contributed by atoms with Gasteiger partial charge in [-0.1, -0.05) is 13.0 Å². The average molecular weight is 386 g/mol. The smallest absolute Gasteiger partial charge is 0.305 e. The van der Waals surface area contributed by atoms with Gasteiger partial charge in [0.2, 0.25) is 11.8 Å². The standard InChI is InChI=1S/C17H20F2N2O4S/c1-2-15(22)21-10-26-9-14(21)17(25)20(6-5-16(23)24)8-11-3-4-12(18)13(19)7-11/h3-4,7,14H,2,5-6,8-10H2,1H3,(H,23,24). The number of halogens is 2. The molecule has 1 unspecified atom stereocenters. The first-order valence-electron chi connectivity index (χ1n) is 8.15. The van der Waals surface area contributed by atoms with E-state index in [1.807, 2.05) is 0 Å². The zero-order valence-electron chi connectivity index (χ0n) is 14.3. The van der Waals surface area contributed by atoms with Crippen molar-refractivity contribution in [1.29, 1.82) is 0 Å². The summed E-state index contributed by atoms with van der Waals surface area (Å²) in [5.74, 6) is -2.82. The Hall–Kier alpha value is -2.16. The summed E-state index contributed by atoms with van der Waals surface area (Å²) < 4.78 is 26.5. The van der Waals surface area contributed by atoms with Gasteiger partial charge in [-0.3, -0.25) is 14.4 Å². The molecule has 1 atom stereocenters. The first-order valence-corrected chi connectivity index (χ1v) is 9.30. The molecular weight excluding hydrogens is 366 g/mol. The minimum atomic E-state index is -1.07. The lowest BCUT2D eigenvalue weighted by Crippen LogP contribution is -2.49. The molecule has 0 radical (unpaired) electrons. The molecule has 26 heavy (non-hydrogen) atoms. The molecule has 9 heteroatoms. The number of amides is 2. The van der Waals surface area contributed by atoms with Gasteiger partial charge in [-0.2, -0.15) is 0 Å². The summed E-state index contributed by atoms with van der Waals surface area (Å²) in [6.07, 6.45) is -0.0142. The zero-order valence-corrected chi connectivity index (χ0v) is 15.1. The number of aliphatic carboxylic acids is 1. The Morgan fingerprint density at radius 3 is 2.65 bits per heavy atom. The van der Waals surface area contributed by atoms with E-state index in [9.17, 15) is 23.2 Å². The summed E-state index contributed by atoms with van der Waals surface area (Å²) in [6.45, 7) is 1.57. The fourth-order valence-electron chi connectivity index (χ4n) is 2.66. The first-order chi connectivity index (χ1) is 12.3. The van der Waals surface area contributed by atoms with Crippen molar-refractivity contribution in [3.05, 3.63) is 35.4 Å². The Morgan fingerprint density at radius 1 is 1.31 bits per heavy atom. The molecule has 0 bridgehead atoms. The lowest BCUT2D eigenvalue weighted by molar-refractivity contribution is -0.145. The van der Waals surface area contributed by atoms with Gasteiger partial charge >= 0.3 is 5.97 Å². The van der Waals surface area contributed by atoms with Crippen LogP contribution in [0.15, 0.2) is 18.2 Å². The lowest BCUT2D eigenvalue weighted by atomic mass is 10.1. The molecule has 1 aromatic carbocycles. The second kappa shape index (κ2) is 8.98. The van der Waals surface area contributed by atoms with Crippen molar-refractivity contribution in [3.8, 4) is 0 Å². The molecule has 0 aliphatic carbocycles. The highest BCUT2D eigenvalue weighted by Crippen LogP contribution is 2.24. The molecule has 0 aromatic heterocycles. The second-order valence-electron chi connectivity index (χ2n) is 5.88. The number of carbonyl (C=O) groups excluding carboxylic acids is 2. The molecule has 1 saturated heterocycles. The third-order valence-corrected chi connectivity index (χ3v) is 5.07. The van der Waals surface area contributed by atoms with E-state index in [2.05, 4.69) is 0 Å². The Labute approximate surface area is 154 Å². The zero-order chi connectivity index (χ0) is 19.3. The van der Waals surface area contributed by atoms with Gasteiger partial charge < -0.3 is 14.9 Å². The van der Waals surface area contributed by atoms with E-state index >= 15 is 0 Å². The van der Waals surface area contributed by atoms with Crippen molar-refractivity contribution in [2.75, 3.05) is 18.2 Å². The van der Waals surface area contributed by atoms with E-state index in [-0.39, 0.29) is 37.7 Å². The van der Waals surface area contributed by atoms with Gasteiger partial charge in [0, 0.05) is 25.3 Å². The van der Waals surface area contributed by atoms with Gasteiger partial charge in [-0.15, -0.1) is 11.8 Å². The van der Waals surface area contributed by atoms with Crippen LogP contribution in [-0.4, -0.2) is 56.9 Å². The Balaban J connectivity index is 2.19. The molecule has 1 fully saturated rings. The summed E-state index contributed by atoms with van der Waals surface area (Å²) in [6, 6.07) is 2.61. The number of carbonyl (C=O) groups is 3. The molecule has 2 amide bonds. The Kier molecular flexibility index (Phi) is 6.96. The Bertz CT molecular complexity index is 701. The lowest BCUT2D eigenvalue weighted by Gasteiger charge is -2.29. The van der Waals surface area contributed by atoms with Crippen LogP contribution in [0.5, 0.6) is 0 Å². The monoisotopic (exact) mass is 386 g/mol. The number of benzene rings is 1. The maximum Gasteiger partial charge on any atom is 0.305 e. The molecule has 0 spiro atoms. The fraction of sp³-hybridized carbons (Fsp3) is 0.471. The van der Waals surface area contributed by atoms with Crippen LogP contribution in [0, 0.1) is 11.6 Å². The molecule has 6 nitrogen and oxygen atoms in total. The van der Waals surface area contributed by atoms with Gasteiger partial charge in [-0.05, 0) is 17.7 Å². The summed E-state index contributed by atoms with van der Waals surface area (Å²) >= 11 is 1.45. The maximum atomic E-state index is 13.4. The van der Waals surface area contributed by atoms with Crippen LogP contribution in [0.25, 0.3) is 0 Å². The molecular formula is C17H20F2N2O4S. The third-order valence-electron chi connectivity index (χ3n) is 4.05. The van der Waals surface area contributed by atoms with Gasteiger partial charge in [0.1, 0.15) is 6.04 Å². The summed E-state index contributed by atoms with van der Waals surface area (Å²) in [4.78, 5) is 38.6.